The summed E-state index contributed by atoms with van der Waals surface area (Å²) >= 11 is 12.0. The van der Waals surface area contributed by atoms with Gasteiger partial charge in [0.25, 0.3) is 0 Å². The number of hydrogen-bond acceptors (Lipinski definition) is 3. The minimum atomic E-state index is 0.0740. The van der Waals surface area contributed by atoms with E-state index in [1.807, 2.05) is 38.1 Å². The Labute approximate surface area is 140 Å². The monoisotopic (exact) mass is 339 g/mol. The predicted octanol–water partition coefficient (Wildman–Crippen LogP) is 4.95. The highest BCUT2D eigenvalue weighted by Crippen LogP contribution is 2.30. The highest BCUT2D eigenvalue weighted by atomic mass is 35.5. The SMILES string of the molecule is CCOc1cccc(CN[C@H](C)c2ccc(Cl)c(Cl)c2)c1O. The van der Waals surface area contributed by atoms with Crippen LogP contribution in [0.15, 0.2) is 36.4 Å². The summed E-state index contributed by atoms with van der Waals surface area (Å²) in [7, 11) is 0. The van der Waals surface area contributed by atoms with E-state index in [0.29, 0.717) is 28.9 Å². The van der Waals surface area contributed by atoms with Crippen LogP contribution in [0.3, 0.4) is 0 Å². The molecular weight excluding hydrogens is 321 g/mol. The molecule has 0 bridgehead atoms. The first-order chi connectivity index (χ1) is 10.5. The fourth-order valence-electron chi connectivity index (χ4n) is 2.15. The maximum atomic E-state index is 10.2. The van der Waals surface area contributed by atoms with Gasteiger partial charge in [0, 0.05) is 18.2 Å². The molecule has 118 valence electrons. The third kappa shape index (κ3) is 4.07. The summed E-state index contributed by atoms with van der Waals surface area (Å²) in [5.41, 5.74) is 1.83. The zero-order valence-corrected chi connectivity index (χ0v) is 14.1. The van der Waals surface area contributed by atoms with Crippen LogP contribution in [0.1, 0.15) is 31.0 Å². The second-order valence-corrected chi connectivity index (χ2v) is 5.79. The van der Waals surface area contributed by atoms with Gasteiger partial charge in [-0.05, 0) is 37.6 Å². The lowest BCUT2D eigenvalue weighted by Gasteiger charge is -2.16. The molecule has 1 atom stereocenters. The molecule has 3 nitrogen and oxygen atoms in total. The Kier molecular flexibility index (Phi) is 5.95. The highest BCUT2D eigenvalue weighted by Gasteiger charge is 2.11. The van der Waals surface area contributed by atoms with Gasteiger partial charge in [0.1, 0.15) is 0 Å². The molecule has 5 heteroatoms. The van der Waals surface area contributed by atoms with Gasteiger partial charge in [-0.15, -0.1) is 0 Å². The summed E-state index contributed by atoms with van der Waals surface area (Å²) in [4.78, 5) is 0. The van der Waals surface area contributed by atoms with Gasteiger partial charge in [0.05, 0.1) is 16.7 Å². The molecule has 0 aliphatic heterocycles. The van der Waals surface area contributed by atoms with Crippen molar-refractivity contribution in [2.75, 3.05) is 6.61 Å². The molecule has 0 saturated heterocycles. The number of benzene rings is 2. The normalized spacial score (nSPS) is 12.2. The summed E-state index contributed by atoms with van der Waals surface area (Å²) in [6.07, 6.45) is 0. The van der Waals surface area contributed by atoms with Crippen molar-refractivity contribution in [3.8, 4) is 11.5 Å². The number of rotatable bonds is 6. The van der Waals surface area contributed by atoms with E-state index >= 15 is 0 Å². The molecule has 0 radical (unpaired) electrons. The van der Waals surface area contributed by atoms with Gasteiger partial charge >= 0.3 is 0 Å². The number of halogens is 2. The minimum Gasteiger partial charge on any atom is -0.504 e. The molecule has 2 rings (SSSR count). The van der Waals surface area contributed by atoms with E-state index in [4.69, 9.17) is 27.9 Å². The fraction of sp³-hybridized carbons (Fsp3) is 0.294. The first-order valence-electron chi connectivity index (χ1n) is 7.15. The summed E-state index contributed by atoms with van der Waals surface area (Å²) in [5.74, 6) is 0.683. The van der Waals surface area contributed by atoms with Crippen LogP contribution in [-0.4, -0.2) is 11.7 Å². The van der Waals surface area contributed by atoms with Gasteiger partial charge in [-0.1, -0.05) is 41.4 Å². The molecule has 0 saturated carbocycles. The van der Waals surface area contributed by atoms with Gasteiger partial charge in [-0.25, -0.2) is 0 Å². The number of phenolic OH excluding ortho intramolecular Hbond substituents is 1. The average Bonchev–Trinajstić information content (AvgIpc) is 2.51. The maximum Gasteiger partial charge on any atom is 0.162 e. The average molecular weight is 340 g/mol. The molecule has 0 fully saturated rings. The zero-order chi connectivity index (χ0) is 16.1. The summed E-state index contributed by atoms with van der Waals surface area (Å²) in [6.45, 7) is 4.96. The van der Waals surface area contributed by atoms with E-state index < -0.39 is 0 Å². The number of aromatic hydroxyl groups is 1. The second kappa shape index (κ2) is 7.73. The van der Waals surface area contributed by atoms with Crippen LogP contribution in [0, 0.1) is 0 Å². The van der Waals surface area contributed by atoms with Crippen LogP contribution < -0.4 is 10.1 Å². The summed E-state index contributed by atoms with van der Waals surface area (Å²) in [6, 6.07) is 11.1. The smallest absolute Gasteiger partial charge is 0.162 e. The summed E-state index contributed by atoms with van der Waals surface area (Å²) in [5, 5.41) is 14.6. The molecular formula is C17H19Cl2NO2. The number of para-hydroxylation sites is 1. The molecule has 2 aromatic carbocycles. The predicted molar refractivity (Wildman–Crippen MR) is 91.0 cm³/mol. The van der Waals surface area contributed by atoms with Crippen molar-refractivity contribution in [3.63, 3.8) is 0 Å². The van der Waals surface area contributed by atoms with Crippen LogP contribution in [0.25, 0.3) is 0 Å². The Hall–Kier alpha value is -1.42. The molecule has 0 aliphatic carbocycles. The van der Waals surface area contributed by atoms with E-state index in [0.717, 1.165) is 11.1 Å². The van der Waals surface area contributed by atoms with E-state index in [2.05, 4.69) is 5.32 Å². The van der Waals surface area contributed by atoms with Crippen molar-refractivity contribution >= 4 is 23.2 Å². The standard InChI is InChI=1S/C17H19Cl2NO2/c1-3-22-16-6-4-5-13(17(16)21)10-20-11(2)12-7-8-14(18)15(19)9-12/h4-9,11,20-21H,3,10H2,1-2H3/t11-/m1/s1. The third-order valence-corrected chi connectivity index (χ3v) is 4.16. The van der Waals surface area contributed by atoms with Crippen LogP contribution in [0.4, 0.5) is 0 Å². The summed E-state index contributed by atoms with van der Waals surface area (Å²) < 4.78 is 5.39. The van der Waals surface area contributed by atoms with Gasteiger partial charge in [-0.3, -0.25) is 0 Å². The van der Waals surface area contributed by atoms with E-state index in [1.165, 1.54) is 0 Å². The van der Waals surface area contributed by atoms with Gasteiger partial charge in [0.15, 0.2) is 11.5 Å². The van der Waals surface area contributed by atoms with Crippen molar-refractivity contribution in [2.45, 2.75) is 26.4 Å². The van der Waals surface area contributed by atoms with Crippen molar-refractivity contribution in [2.24, 2.45) is 0 Å². The Bertz CT molecular complexity index is 647. The maximum absolute atomic E-state index is 10.2. The number of hydrogen-bond donors (Lipinski definition) is 2. The van der Waals surface area contributed by atoms with Gasteiger partial charge in [0.2, 0.25) is 0 Å². The Morgan fingerprint density at radius 2 is 1.95 bits per heavy atom. The molecule has 0 aliphatic rings. The van der Waals surface area contributed by atoms with Crippen molar-refractivity contribution in [1.82, 2.24) is 5.32 Å². The Balaban J connectivity index is 2.06. The third-order valence-electron chi connectivity index (χ3n) is 3.42. The fourth-order valence-corrected chi connectivity index (χ4v) is 2.45. The molecule has 0 aromatic heterocycles. The molecule has 0 spiro atoms. The van der Waals surface area contributed by atoms with Crippen molar-refractivity contribution in [3.05, 3.63) is 57.6 Å². The largest absolute Gasteiger partial charge is 0.504 e. The highest BCUT2D eigenvalue weighted by molar-refractivity contribution is 6.42. The van der Waals surface area contributed by atoms with Crippen LogP contribution in [0.2, 0.25) is 10.0 Å². The number of nitrogens with one attached hydrogen (secondary N) is 1. The zero-order valence-electron chi connectivity index (χ0n) is 12.6. The first-order valence-corrected chi connectivity index (χ1v) is 7.90. The topological polar surface area (TPSA) is 41.5 Å². The number of phenols is 1. The molecule has 0 amide bonds. The Morgan fingerprint density at radius 3 is 2.64 bits per heavy atom. The molecule has 0 heterocycles. The lowest BCUT2D eigenvalue weighted by molar-refractivity contribution is 0.316. The molecule has 2 aromatic rings. The molecule has 2 N–H and O–H groups in total. The van der Waals surface area contributed by atoms with Crippen LogP contribution >= 0.6 is 23.2 Å². The van der Waals surface area contributed by atoms with E-state index in [-0.39, 0.29) is 11.8 Å². The van der Waals surface area contributed by atoms with Gasteiger partial charge < -0.3 is 15.2 Å². The second-order valence-electron chi connectivity index (χ2n) is 4.97. The molecule has 0 unspecified atom stereocenters. The van der Waals surface area contributed by atoms with Crippen LogP contribution in [0.5, 0.6) is 11.5 Å². The number of ether oxygens (including phenoxy) is 1. The van der Waals surface area contributed by atoms with Crippen molar-refractivity contribution < 1.29 is 9.84 Å². The van der Waals surface area contributed by atoms with E-state index in [9.17, 15) is 5.11 Å². The van der Waals surface area contributed by atoms with Gasteiger partial charge in [-0.2, -0.15) is 0 Å². The lowest BCUT2D eigenvalue weighted by atomic mass is 10.1. The quantitative estimate of drug-likeness (QED) is 0.782. The molecule has 22 heavy (non-hydrogen) atoms. The Morgan fingerprint density at radius 1 is 1.18 bits per heavy atom. The van der Waals surface area contributed by atoms with E-state index in [1.54, 1.807) is 12.1 Å². The van der Waals surface area contributed by atoms with Crippen LogP contribution in [-0.2, 0) is 6.54 Å². The lowest BCUT2D eigenvalue weighted by Crippen LogP contribution is -2.18. The first kappa shape index (κ1) is 16.9. The van der Waals surface area contributed by atoms with Crippen molar-refractivity contribution in [1.29, 1.82) is 0 Å². The minimum absolute atomic E-state index is 0.0740.